The van der Waals surface area contributed by atoms with Crippen LogP contribution in [-0.2, 0) is 4.79 Å². The Labute approximate surface area is 205 Å². The summed E-state index contributed by atoms with van der Waals surface area (Å²) in [7, 11) is 0. The van der Waals surface area contributed by atoms with E-state index in [2.05, 4.69) is 20.5 Å². The van der Waals surface area contributed by atoms with E-state index in [0.29, 0.717) is 16.1 Å². The van der Waals surface area contributed by atoms with E-state index in [1.54, 1.807) is 32.0 Å². The minimum absolute atomic E-state index is 0.133. The van der Waals surface area contributed by atoms with Gasteiger partial charge in [-0.3, -0.25) is 9.36 Å². The lowest BCUT2D eigenvalue weighted by Crippen LogP contribution is -2.23. The lowest BCUT2D eigenvalue weighted by Gasteiger charge is -2.17. The van der Waals surface area contributed by atoms with Crippen molar-refractivity contribution >= 4 is 34.1 Å². The predicted octanol–water partition coefficient (Wildman–Crippen LogP) is 5.74. The van der Waals surface area contributed by atoms with Crippen LogP contribution in [0.2, 0.25) is 0 Å². The average Bonchev–Trinajstić information content (AvgIpc) is 3.38. The SMILES string of the molecule is Cc1nc(NC(=O)C(C)Sc2nnc(C(C)Oc3ccccc3F)n2-c2ccccc2)sc1C. The molecule has 0 radical (unpaired) electrons. The van der Waals surface area contributed by atoms with Gasteiger partial charge in [0, 0.05) is 10.6 Å². The normalized spacial score (nSPS) is 12.9. The first-order valence-corrected chi connectivity index (χ1v) is 12.4. The number of benzene rings is 2. The molecular formula is C24H24FN5O2S2. The van der Waals surface area contributed by atoms with E-state index >= 15 is 0 Å². The number of carbonyl (C=O) groups excluding carboxylic acids is 1. The van der Waals surface area contributed by atoms with Crippen LogP contribution < -0.4 is 10.1 Å². The fourth-order valence-corrected chi connectivity index (χ4v) is 4.86. The molecule has 2 heterocycles. The van der Waals surface area contributed by atoms with Gasteiger partial charge in [-0.15, -0.1) is 21.5 Å². The lowest BCUT2D eigenvalue weighted by atomic mass is 10.3. The second-order valence-electron chi connectivity index (χ2n) is 7.61. The van der Waals surface area contributed by atoms with Crippen LogP contribution in [0.1, 0.15) is 36.3 Å². The first-order valence-electron chi connectivity index (χ1n) is 10.7. The number of hydrogen-bond acceptors (Lipinski definition) is 7. The second-order valence-corrected chi connectivity index (χ2v) is 10.1. The molecule has 10 heteroatoms. The van der Waals surface area contributed by atoms with Gasteiger partial charge in [-0.2, -0.15) is 0 Å². The van der Waals surface area contributed by atoms with E-state index in [1.807, 2.05) is 48.7 Å². The van der Waals surface area contributed by atoms with Gasteiger partial charge in [0.05, 0.1) is 10.9 Å². The zero-order valence-corrected chi connectivity index (χ0v) is 20.8. The predicted molar refractivity (Wildman–Crippen MR) is 132 cm³/mol. The molecule has 0 aliphatic heterocycles. The van der Waals surface area contributed by atoms with Gasteiger partial charge in [-0.25, -0.2) is 9.37 Å². The maximum Gasteiger partial charge on any atom is 0.239 e. The summed E-state index contributed by atoms with van der Waals surface area (Å²) in [4.78, 5) is 18.3. The number of para-hydroxylation sites is 2. The number of rotatable bonds is 8. The molecule has 7 nitrogen and oxygen atoms in total. The van der Waals surface area contributed by atoms with Gasteiger partial charge in [0.15, 0.2) is 33.8 Å². The van der Waals surface area contributed by atoms with E-state index in [0.717, 1.165) is 16.3 Å². The van der Waals surface area contributed by atoms with Gasteiger partial charge in [0.1, 0.15) is 0 Å². The van der Waals surface area contributed by atoms with Crippen molar-refractivity contribution in [3.05, 3.63) is 76.8 Å². The number of aryl methyl sites for hydroxylation is 2. The van der Waals surface area contributed by atoms with Crippen LogP contribution >= 0.6 is 23.1 Å². The Morgan fingerprint density at radius 2 is 1.79 bits per heavy atom. The van der Waals surface area contributed by atoms with Crippen LogP contribution in [0.3, 0.4) is 0 Å². The number of hydrogen-bond donors (Lipinski definition) is 1. The molecule has 176 valence electrons. The zero-order valence-electron chi connectivity index (χ0n) is 19.2. The summed E-state index contributed by atoms with van der Waals surface area (Å²) in [6.45, 7) is 7.47. The molecule has 1 amide bonds. The maximum absolute atomic E-state index is 14.1. The van der Waals surface area contributed by atoms with Gasteiger partial charge in [-0.1, -0.05) is 42.1 Å². The van der Waals surface area contributed by atoms with E-state index < -0.39 is 17.2 Å². The van der Waals surface area contributed by atoms with Gasteiger partial charge in [0.2, 0.25) is 5.91 Å². The third-order valence-corrected chi connectivity index (χ3v) is 7.12. The molecule has 0 spiro atoms. The Balaban J connectivity index is 1.59. The average molecular weight is 498 g/mol. The van der Waals surface area contributed by atoms with Crippen LogP contribution in [0, 0.1) is 19.7 Å². The summed E-state index contributed by atoms with van der Waals surface area (Å²) in [6.07, 6.45) is -0.593. The van der Waals surface area contributed by atoms with Crippen molar-refractivity contribution in [3.63, 3.8) is 0 Å². The number of thioether (sulfide) groups is 1. The van der Waals surface area contributed by atoms with Crippen molar-refractivity contribution in [3.8, 4) is 11.4 Å². The Hall–Kier alpha value is -3.24. The zero-order chi connectivity index (χ0) is 24.2. The fraction of sp³-hybridized carbons (Fsp3) is 0.250. The standard InChI is InChI=1S/C24H24FN5O2S2/c1-14-16(3)33-23(26-14)27-22(31)17(4)34-24-29-28-21(30(24)18-10-6-5-7-11-18)15(2)32-20-13-9-8-12-19(20)25/h5-13,15,17H,1-4H3,(H,26,27,31). The number of anilines is 1. The molecule has 0 bridgehead atoms. The number of aromatic nitrogens is 4. The van der Waals surface area contributed by atoms with Crippen molar-refractivity contribution in [1.29, 1.82) is 0 Å². The van der Waals surface area contributed by atoms with E-state index in [1.165, 1.54) is 29.2 Å². The molecule has 34 heavy (non-hydrogen) atoms. The van der Waals surface area contributed by atoms with Gasteiger partial charge >= 0.3 is 0 Å². The van der Waals surface area contributed by atoms with E-state index in [4.69, 9.17) is 4.74 Å². The summed E-state index contributed by atoms with van der Waals surface area (Å²) in [5.41, 5.74) is 1.71. The van der Waals surface area contributed by atoms with Crippen LogP contribution in [0.15, 0.2) is 59.8 Å². The van der Waals surface area contributed by atoms with E-state index in [-0.39, 0.29) is 11.7 Å². The molecule has 1 N–H and O–H groups in total. The highest BCUT2D eigenvalue weighted by Crippen LogP contribution is 2.31. The Morgan fingerprint density at radius 1 is 1.09 bits per heavy atom. The topological polar surface area (TPSA) is 81.9 Å². The van der Waals surface area contributed by atoms with Crippen molar-refractivity contribution in [2.45, 2.75) is 44.2 Å². The van der Waals surface area contributed by atoms with Gasteiger partial charge < -0.3 is 10.1 Å². The maximum atomic E-state index is 14.1. The van der Waals surface area contributed by atoms with E-state index in [9.17, 15) is 9.18 Å². The number of thiazole rings is 1. The second kappa shape index (κ2) is 10.4. The molecule has 0 aliphatic carbocycles. The number of halogens is 1. The smallest absolute Gasteiger partial charge is 0.239 e. The molecular weight excluding hydrogens is 473 g/mol. The fourth-order valence-electron chi connectivity index (χ4n) is 3.17. The minimum atomic E-state index is -0.593. The minimum Gasteiger partial charge on any atom is -0.480 e. The molecule has 2 atom stereocenters. The first kappa shape index (κ1) is 23.9. The number of carbonyl (C=O) groups is 1. The highest BCUT2D eigenvalue weighted by Gasteiger charge is 2.25. The molecule has 0 aliphatic rings. The monoisotopic (exact) mass is 497 g/mol. The molecule has 2 aromatic carbocycles. The first-order chi connectivity index (χ1) is 16.3. The molecule has 2 unspecified atom stereocenters. The molecule has 2 aromatic heterocycles. The van der Waals surface area contributed by atoms with Gasteiger partial charge in [0.25, 0.3) is 0 Å². The molecule has 4 aromatic rings. The molecule has 0 fully saturated rings. The van der Waals surface area contributed by atoms with Gasteiger partial charge in [-0.05, 0) is 52.0 Å². The molecule has 0 saturated carbocycles. The van der Waals surface area contributed by atoms with Crippen molar-refractivity contribution in [1.82, 2.24) is 19.7 Å². The van der Waals surface area contributed by atoms with Crippen LogP contribution in [0.25, 0.3) is 5.69 Å². The number of nitrogens with one attached hydrogen (secondary N) is 1. The number of nitrogens with zero attached hydrogens (tertiary/aromatic N) is 4. The summed E-state index contributed by atoms with van der Waals surface area (Å²) >= 11 is 2.72. The largest absolute Gasteiger partial charge is 0.480 e. The Morgan fingerprint density at radius 3 is 2.47 bits per heavy atom. The Kier molecular flexibility index (Phi) is 7.28. The van der Waals surface area contributed by atoms with Crippen molar-refractivity contribution < 1.29 is 13.9 Å². The lowest BCUT2D eigenvalue weighted by molar-refractivity contribution is -0.115. The molecule has 4 rings (SSSR count). The number of ether oxygens (including phenoxy) is 1. The third kappa shape index (κ3) is 5.28. The van der Waals surface area contributed by atoms with Crippen molar-refractivity contribution in [2.24, 2.45) is 0 Å². The van der Waals surface area contributed by atoms with Crippen LogP contribution in [0.4, 0.5) is 9.52 Å². The quantitative estimate of drug-likeness (QED) is 0.313. The Bertz CT molecular complexity index is 1270. The van der Waals surface area contributed by atoms with Crippen LogP contribution in [0.5, 0.6) is 5.75 Å². The summed E-state index contributed by atoms with van der Waals surface area (Å²) in [5, 5.41) is 12.2. The molecule has 0 saturated heterocycles. The third-order valence-electron chi connectivity index (χ3n) is 5.09. The summed E-state index contributed by atoms with van der Waals surface area (Å²) in [6, 6.07) is 15.8. The summed E-state index contributed by atoms with van der Waals surface area (Å²) in [5.74, 6) is -0.00410. The highest BCUT2D eigenvalue weighted by atomic mass is 32.2. The number of amides is 1. The van der Waals surface area contributed by atoms with Crippen LogP contribution in [-0.4, -0.2) is 30.9 Å². The summed E-state index contributed by atoms with van der Waals surface area (Å²) < 4.78 is 21.8. The highest BCUT2D eigenvalue weighted by molar-refractivity contribution is 8.00. The van der Waals surface area contributed by atoms with Crippen molar-refractivity contribution in [2.75, 3.05) is 5.32 Å².